The van der Waals surface area contributed by atoms with E-state index in [0.717, 1.165) is 5.56 Å². The first-order chi connectivity index (χ1) is 12.2. The van der Waals surface area contributed by atoms with Gasteiger partial charge in [-0.25, -0.2) is 0 Å². The van der Waals surface area contributed by atoms with Crippen molar-refractivity contribution in [3.05, 3.63) is 78.1 Å². The Balaban J connectivity index is 2.44. The molecule has 0 spiro atoms. The van der Waals surface area contributed by atoms with Crippen molar-refractivity contribution in [2.24, 2.45) is 4.99 Å². The molecular formula is C22H26N2OS. The molecule has 3 nitrogen and oxygen atoms in total. The van der Waals surface area contributed by atoms with Crippen LogP contribution < -0.4 is 4.57 Å². The molecule has 0 aliphatic heterocycles. The zero-order chi connectivity index (χ0) is 19.3. The lowest BCUT2D eigenvalue weighted by Gasteiger charge is -2.21. The van der Waals surface area contributed by atoms with Crippen molar-refractivity contribution in [2.45, 2.75) is 39.2 Å². The van der Waals surface area contributed by atoms with Gasteiger partial charge in [-0.15, -0.1) is 6.58 Å². The van der Waals surface area contributed by atoms with Crippen LogP contribution in [0.15, 0.2) is 66.4 Å². The predicted octanol–water partition coefficient (Wildman–Crippen LogP) is 4.14. The summed E-state index contributed by atoms with van der Waals surface area (Å²) >= 11 is 5.47. The van der Waals surface area contributed by atoms with E-state index in [1.54, 1.807) is 6.08 Å². The summed E-state index contributed by atoms with van der Waals surface area (Å²) in [5.41, 5.74) is 2.92. The van der Waals surface area contributed by atoms with Gasteiger partial charge in [0, 0.05) is 17.2 Å². The van der Waals surface area contributed by atoms with Gasteiger partial charge in [-0.05, 0) is 29.0 Å². The molecule has 26 heavy (non-hydrogen) atoms. The predicted molar refractivity (Wildman–Crippen MR) is 110 cm³/mol. The number of pyridine rings is 1. The Hall–Kier alpha value is -2.33. The van der Waals surface area contributed by atoms with E-state index in [-0.39, 0.29) is 11.2 Å². The van der Waals surface area contributed by atoms with E-state index in [4.69, 9.17) is 12.6 Å². The number of carbonyl (C=O) groups excluding carboxylic acids is 1. The Morgan fingerprint density at radius 2 is 1.92 bits per heavy atom. The van der Waals surface area contributed by atoms with Gasteiger partial charge < -0.3 is 17.6 Å². The molecular weight excluding hydrogens is 340 g/mol. The van der Waals surface area contributed by atoms with Gasteiger partial charge in [-0.2, -0.15) is 4.57 Å². The SMILES string of the molecule is C=CCN=C([S-])[C@H](C(=O)c1ccc(C(C)(C)C)cc1)[n+]1cccc(C)c1. The van der Waals surface area contributed by atoms with Crippen LogP contribution in [0.25, 0.3) is 0 Å². The quantitative estimate of drug-likeness (QED) is 0.192. The maximum absolute atomic E-state index is 13.2. The van der Waals surface area contributed by atoms with Crippen molar-refractivity contribution in [3.8, 4) is 0 Å². The third kappa shape index (κ3) is 4.85. The van der Waals surface area contributed by atoms with E-state index in [0.29, 0.717) is 17.2 Å². The van der Waals surface area contributed by atoms with Gasteiger partial charge in [0.1, 0.15) is 0 Å². The number of ketones is 1. The van der Waals surface area contributed by atoms with E-state index in [9.17, 15) is 4.79 Å². The second kappa shape index (κ2) is 8.37. The number of aromatic nitrogens is 1. The minimum Gasteiger partial charge on any atom is -0.758 e. The topological polar surface area (TPSA) is 33.3 Å². The van der Waals surface area contributed by atoms with Gasteiger partial charge in [-0.3, -0.25) is 4.79 Å². The summed E-state index contributed by atoms with van der Waals surface area (Å²) in [7, 11) is 0. The molecule has 136 valence electrons. The van der Waals surface area contributed by atoms with Gasteiger partial charge in [0.2, 0.25) is 11.8 Å². The Labute approximate surface area is 161 Å². The third-order valence-electron chi connectivity index (χ3n) is 4.16. The number of carbonyl (C=O) groups is 1. The van der Waals surface area contributed by atoms with Crippen LogP contribution in [0.2, 0.25) is 0 Å². The molecule has 0 unspecified atom stereocenters. The molecule has 0 saturated carbocycles. The maximum Gasteiger partial charge on any atom is 0.237 e. The van der Waals surface area contributed by atoms with Crippen molar-refractivity contribution in [2.75, 3.05) is 6.54 Å². The van der Waals surface area contributed by atoms with Crippen LogP contribution in [0.5, 0.6) is 0 Å². The van der Waals surface area contributed by atoms with Gasteiger partial charge in [0.25, 0.3) is 0 Å². The molecule has 0 amide bonds. The highest BCUT2D eigenvalue weighted by Crippen LogP contribution is 2.23. The summed E-state index contributed by atoms with van der Waals surface area (Å²) in [5, 5.41) is 0.366. The summed E-state index contributed by atoms with van der Waals surface area (Å²) in [5.74, 6) is -0.0566. The van der Waals surface area contributed by atoms with Gasteiger partial charge in [0.15, 0.2) is 12.4 Å². The van der Waals surface area contributed by atoms with Gasteiger partial charge in [0.05, 0.1) is 6.54 Å². The molecule has 1 aromatic carbocycles. The van der Waals surface area contributed by atoms with Gasteiger partial charge in [-0.1, -0.05) is 51.1 Å². The Morgan fingerprint density at radius 3 is 2.46 bits per heavy atom. The summed E-state index contributed by atoms with van der Waals surface area (Å²) in [4.78, 5) is 17.6. The normalized spacial score (nSPS) is 13.3. The highest BCUT2D eigenvalue weighted by atomic mass is 32.1. The van der Waals surface area contributed by atoms with Gasteiger partial charge >= 0.3 is 0 Å². The van der Waals surface area contributed by atoms with Crippen LogP contribution in [-0.2, 0) is 18.0 Å². The molecule has 0 bridgehead atoms. The fourth-order valence-electron chi connectivity index (χ4n) is 2.68. The first-order valence-electron chi connectivity index (χ1n) is 8.68. The number of rotatable bonds is 6. The zero-order valence-electron chi connectivity index (χ0n) is 15.9. The molecule has 2 aromatic rings. The average molecular weight is 367 g/mol. The standard InChI is InChI=1S/C22H26N2OS/c1-6-13-23-21(26)19(24-14-7-8-16(2)15-24)20(25)17-9-11-18(12-10-17)22(3,4)5/h6-12,14-15,19H,1,13H2,2-5H3/t19-/m0/s1. The third-order valence-corrected chi connectivity index (χ3v) is 4.51. The fourth-order valence-corrected chi connectivity index (χ4v) is 2.99. The van der Waals surface area contributed by atoms with E-state index >= 15 is 0 Å². The molecule has 0 aliphatic carbocycles. The summed E-state index contributed by atoms with van der Waals surface area (Å²) in [6, 6.07) is 11.0. The molecule has 1 heterocycles. The largest absolute Gasteiger partial charge is 0.758 e. The van der Waals surface area contributed by atoms with Crippen molar-refractivity contribution < 1.29 is 9.36 Å². The molecule has 0 fully saturated rings. The van der Waals surface area contributed by atoms with E-state index in [2.05, 4.69) is 32.3 Å². The first kappa shape index (κ1) is 20.0. The highest BCUT2D eigenvalue weighted by molar-refractivity contribution is 7.77. The van der Waals surface area contributed by atoms with E-state index in [1.807, 2.05) is 60.3 Å². The number of benzene rings is 1. The van der Waals surface area contributed by atoms with Crippen LogP contribution in [0, 0.1) is 6.92 Å². The Morgan fingerprint density at radius 1 is 1.27 bits per heavy atom. The van der Waals surface area contributed by atoms with Crippen LogP contribution in [0.4, 0.5) is 0 Å². The molecule has 0 aliphatic rings. The number of aliphatic imine (C=N–C) groups is 1. The molecule has 0 N–H and O–H groups in total. The number of Topliss-reactive ketones (excluding diaryl/α,β-unsaturated/α-hetero) is 1. The monoisotopic (exact) mass is 366 g/mol. The fraction of sp³-hybridized carbons (Fsp3) is 0.318. The Kier molecular flexibility index (Phi) is 6.43. The minimum absolute atomic E-state index is 0.0425. The zero-order valence-corrected chi connectivity index (χ0v) is 16.7. The molecule has 0 radical (unpaired) electrons. The second-order valence-corrected chi connectivity index (χ2v) is 7.81. The van der Waals surface area contributed by atoms with Crippen molar-refractivity contribution in [1.29, 1.82) is 0 Å². The highest BCUT2D eigenvalue weighted by Gasteiger charge is 2.28. The van der Waals surface area contributed by atoms with Crippen molar-refractivity contribution in [3.63, 3.8) is 0 Å². The lowest BCUT2D eigenvalue weighted by molar-refractivity contribution is -0.692. The minimum atomic E-state index is -0.634. The number of hydrogen-bond acceptors (Lipinski definition) is 3. The van der Waals surface area contributed by atoms with Crippen LogP contribution in [0.3, 0.4) is 0 Å². The van der Waals surface area contributed by atoms with Crippen molar-refractivity contribution in [1.82, 2.24) is 0 Å². The first-order valence-corrected chi connectivity index (χ1v) is 9.09. The maximum atomic E-state index is 13.2. The molecule has 1 atom stereocenters. The van der Waals surface area contributed by atoms with Crippen LogP contribution >= 0.6 is 0 Å². The van der Waals surface area contributed by atoms with E-state index < -0.39 is 6.04 Å². The number of hydrogen-bond donors (Lipinski definition) is 0. The average Bonchev–Trinajstić information content (AvgIpc) is 2.59. The van der Waals surface area contributed by atoms with Crippen LogP contribution in [-0.4, -0.2) is 17.4 Å². The summed E-state index contributed by atoms with van der Waals surface area (Å²) in [6.07, 6.45) is 5.45. The summed E-state index contributed by atoms with van der Waals surface area (Å²) < 4.78 is 1.84. The molecule has 4 heteroatoms. The number of nitrogens with zero attached hydrogens (tertiary/aromatic N) is 2. The second-order valence-electron chi connectivity index (χ2n) is 7.39. The molecule has 1 aromatic heterocycles. The Bertz CT molecular complexity index is 817. The smallest absolute Gasteiger partial charge is 0.237 e. The molecule has 0 saturated heterocycles. The summed E-state index contributed by atoms with van der Waals surface area (Å²) in [6.45, 7) is 12.5. The lowest BCUT2D eigenvalue weighted by Crippen LogP contribution is -2.48. The van der Waals surface area contributed by atoms with Crippen molar-refractivity contribution >= 4 is 23.5 Å². The molecule has 2 rings (SSSR count). The van der Waals surface area contributed by atoms with Crippen LogP contribution in [0.1, 0.15) is 48.3 Å². The lowest BCUT2D eigenvalue weighted by atomic mass is 9.86. The van der Waals surface area contributed by atoms with E-state index in [1.165, 1.54) is 5.56 Å². The number of aryl methyl sites for hydroxylation is 1.